The summed E-state index contributed by atoms with van der Waals surface area (Å²) in [5, 5.41) is 8.77. The fourth-order valence-corrected chi connectivity index (χ4v) is 2.25. The lowest BCUT2D eigenvalue weighted by Crippen LogP contribution is -2.28. The monoisotopic (exact) mass is 311 g/mol. The first-order chi connectivity index (χ1) is 9.95. The number of anilines is 1. The van der Waals surface area contributed by atoms with E-state index in [2.05, 4.69) is 15.8 Å². The molecule has 2 N–H and O–H groups in total. The van der Waals surface area contributed by atoms with Crippen LogP contribution in [0, 0.1) is 12.7 Å². The normalized spacial score (nSPS) is 12.0. The number of hydrogen-bond donors (Lipinski definition) is 2. The van der Waals surface area contributed by atoms with E-state index < -0.39 is 22.6 Å². The molecule has 2 rings (SSSR count). The third-order valence-corrected chi connectivity index (χ3v) is 3.56. The van der Waals surface area contributed by atoms with Crippen molar-refractivity contribution in [1.29, 1.82) is 0 Å². The van der Waals surface area contributed by atoms with Gasteiger partial charge in [-0.15, -0.1) is 0 Å². The first kappa shape index (κ1) is 15.2. The van der Waals surface area contributed by atoms with Crippen molar-refractivity contribution in [1.82, 2.24) is 10.5 Å². The Kier molecular flexibility index (Phi) is 4.69. The Morgan fingerprint density at radius 3 is 2.76 bits per heavy atom. The molecule has 0 bridgehead atoms. The van der Waals surface area contributed by atoms with E-state index in [9.17, 15) is 13.4 Å². The Bertz CT molecular complexity index is 687. The average Bonchev–Trinajstić information content (AvgIpc) is 2.82. The second-order valence-electron chi connectivity index (χ2n) is 4.34. The number of halogens is 1. The summed E-state index contributed by atoms with van der Waals surface area (Å²) < 4.78 is 29.7. The molecule has 0 unspecified atom stereocenters. The van der Waals surface area contributed by atoms with Gasteiger partial charge in [0.15, 0.2) is 0 Å². The molecule has 2 aromatic rings. The minimum Gasteiger partial charge on any atom is -0.361 e. The number of rotatable bonds is 4. The molecule has 0 aliphatic carbocycles. The van der Waals surface area contributed by atoms with Gasteiger partial charge in [0, 0.05) is 18.0 Å². The molecule has 8 heteroatoms. The molecule has 0 saturated heterocycles. The predicted octanol–water partition coefficient (Wildman–Crippen LogP) is 2.18. The highest BCUT2D eigenvalue weighted by Crippen LogP contribution is 2.16. The average molecular weight is 311 g/mol. The Morgan fingerprint density at radius 2 is 2.19 bits per heavy atom. The Morgan fingerprint density at radius 1 is 1.43 bits per heavy atom. The van der Waals surface area contributed by atoms with Gasteiger partial charge >= 0.3 is 6.03 Å². The lowest BCUT2D eigenvalue weighted by molar-refractivity contribution is 0.251. The van der Waals surface area contributed by atoms with E-state index in [1.807, 2.05) is 0 Å². The number of carbonyl (C=O) groups excluding carboxylic acids is 1. The molecule has 112 valence electrons. The second kappa shape index (κ2) is 6.49. The maximum atomic E-state index is 13.6. The zero-order valence-electron chi connectivity index (χ0n) is 11.5. The van der Waals surface area contributed by atoms with Crippen LogP contribution in [0.2, 0.25) is 0 Å². The van der Waals surface area contributed by atoms with Crippen LogP contribution in [0.3, 0.4) is 0 Å². The van der Waals surface area contributed by atoms with Crippen molar-refractivity contribution in [2.24, 2.45) is 0 Å². The van der Waals surface area contributed by atoms with Crippen LogP contribution in [0.25, 0.3) is 0 Å². The molecule has 0 fully saturated rings. The highest BCUT2D eigenvalue weighted by molar-refractivity contribution is 7.84. The summed E-state index contributed by atoms with van der Waals surface area (Å²) in [4.78, 5) is 11.8. The molecule has 0 saturated carbocycles. The van der Waals surface area contributed by atoms with Crippen LogP contribution >= 0.6 is 0 Å². The minimum absolute atomic E-state index is 0.0963. The van der Waals surface area contributed by atoms with Crippen LogP contribution in [0.15, 0.2) is 33.7 Å². The smallest absolute Gasteiger partial charge is 0.319 e. The van der Waals surface area contributed by atoms with Gasteiger partial charge in [0.1, 0.15) is 17.3 Å². The predicted molar refractivity (Wildman–Crippen MR) is 75.8 cm³/mol. The number of amides is 2. The molecule has 0 spiro atoms. The molecule has 1 aromatic heterocycles. The maximum Gasteiger partial charge on any atom is 0.319 e. The molecule has 1 heterocycles. The van der Waals surface area contributed by atoms with Crippen molar-refractivity contribution in [3.63, 3.8) is 0 Å². The van der Waals surface area contributed by atoms with Gasteiger partial charge in [-0.2, -0.15) is 0 Å². The molecule has 1 atom stereocenters. The molecule has 6 nitrogen and oxygen atoms in total. The first-order valence-corrected chi connectivity index (χ1v) is 7.61. The lowest BCUT2D eigenvalue weighted by atomic mass is 10.3. The van der Waals surface area contributed by atoms with Gasteiger partial charge in [-0.1, -0.05) is 5.16 Å². The molecular formula is C13H14FN3O3S. The summed E-state index contributed by atoms with van der Waals surface area (Å²) in [7, 11) is -1.41. The fraction of sp³-hybridized carbons (Fsp3) is 0.231. The Labute approximate surface area is 123 Å². The van der Waals surface area contributed by atoms with Gasteiger partial charge in [0.25, 0.3) is 0 Å². The van der Waals surface area contributed by atoms with Crippen LogP contribution in [0.5, 0.6) is 0 Å². The number of hydrogen-bond acceptors (Lipinski definition) is 4. The Balaban J connectivity index is 1.93. The number of nitrogens with one attached hydrogen (secondary N) is 2. The number of aromatic nitrogens is 1. The summed E-state index contributed by atoms with van der Waals surface area (Å²) in [6, 6.07) is 5.18. The lowest BCUT2D eigenvalue weighted by Gasteiger charge is -2.07. The molecule has 0 aliphatic rings. The maximum absolute atomic E-state index is 13.6. The number of nitrogens with zero attached hydrogens (tertiary/aromatic N) is 1. The highest BCUT2D eigenvalue weighted by atomic mass is 32.2. The molecule has 21 heavy (non-hydrogen) atoms. The van der Waals surface area contributed by atoms with E-state index in [1.165, 1.54) is 18.4 Å². The van der Waals surface area contributed by atoms with Crippen LogP contribution in [-0.2, 0) is 17.3 Å². The molecule has 0 aliphatic heterocycles. The molecule has 2 amide bonds. The quantitative estimate of drug-likeness (QED) is 0.906. The summed E-state index contributed by atoms with van der Waals surface area (Å²) in [6.45, 7) is 1.95. The van der Waals surface area contributed by atoms with E-state index in [0.717, 1.165) is 6.07 Å². The number of carbonyl (C=O) groups is 1. The Hall–Kier alpha value is -2.22. The summed E-state index contributed by atoms with van der Waals surface area (Å²) in [5.74, 6) is 0.0261. The van der Waals surface area contributed by atoms with Gasteiger partial charge in [-0.25, -0.2) is 9.18 Å². The van der Waals surface area contributed by atoms with Gasteiger partial charge in [-0.3, -0.25) is 4.21 Å². The van der Waals surface area contributed by atoms with Crippen molar-refractivity contribution >= 4 is 22.5 Å². The van der Waals surface area contributed by atoms with Crippen molar-refractivity contribution in [2.45, 2.75) is 18.4 Å². The third-order valence-electron chi connectivity index (χ3n) is 2.61. The van der Waals surface area contributed by atoms with Gasteiger partial charge in [-0.05, 0) is 25.1 Å². The van der Waals surface area contributed by atoms with Crippen LogP contribution in [0.4, 0.5) is 14.9 Å². The first-order valence-electron chi connectivity index (χ1n) is 6.05. The number of aryl methyl sites for hydroxylation is 1. The van der Waals surface area contributed by atoms with E-state index in [-0.39, 0.29) is 17.1 Å². The van der Waals surface area contributed by atoms with Gasteiger partial charge in [0.2, 0.25) is 0 Å². The number of urea groups is 1. The van der Waals surface area contributed by atoms with Crippen LogP contribution in [0.1, 0.15) is 11.5 Å². The molecule has 1 aromatic carbocycles. The minimum atomic E-state index is -1.41. The van der Waals surface area contributed by atoms with Crippen molar-refractivity contribution in [3.8, 4) is 0 Å². The summed E-state index contributed by atoms with van der Waals surface area (Å²) >= 11 is 0. The number of benzene rings is 1. The zero-order valence-corrected chi connectivity index (χ0v) is 12.3. The third kappa shape index (κ3) is 4.12. The largest absolute Gasteiger partial charge is 0.361 e. The van der Waals surface area contributed by atoms with E-state index in [0.29, 0.717) is 11.5 Å². The topological polar surface area (TPSA) is 84.2 Å². The van der Waals surface area contributed by atoms with E-state index in [4.69, 9.17) is 4.52 Å². The van der Waals surface area contributed by atoms with Crippen molar-refractivity contribution < 1.29 is 17.9 Å². The molecular weight excluding hydrogens is 297 g/mol. The molecule has 0 radical (unpaired) electrons. The van der Waals surface area contributed by atoms with E-state index >= 15 is 0 Å². The van der Waals surface area contributed by atoms with E-state index in [1.54, 1.807) is 13.0 Å². The SMILES string of the molecule is Cc1cc(CNC(=O)Nc2ccc([S@](C)=O)c(F)c2)no1. The standard InChI is InChI=1S/C13H14FN3O3S/c1-8-5-10(17-20-8)7-15-13(18)16-9-3-4-12(21(2)19)11(14)6-9/h3-6H,7H2,1-2H3,(H2,15,16,18)/t21-/m0/s1. The summed E-state index contributed by atoms with van der Waals surface area (Å²) in [6.07, 6.45) is 1.39. The second-order valence-corrected chi connectivity index (χ2v) is 5.68. The van der Waals surface area contributed by atoms with Crippen LogP contribution in [-0.4, -0.2) is 21.7 Å². The zero-order chi connectivity index (χ0) is 15.4. The highest BCUT2D eigenvalue weighted by Gasteiger charge is 2.09. The van der Waals surface area contributed by atoms with Crippen molar-refractivity contribution in [2.75, 3.05) is 11.6 Å². The van der Waals surface area contributed by atoms with Crippen LogP contribution < -0.4 is 10.6 Å². The van der Waals surface area contributed by atoms with Gasteiger partial charge < -0.3 is 15.2 Å². The van der Waals surface area contributed by atoms with Gasteiger partial charge in [0.05, 0.1) is 22.2 Å². The van der Waals surface area contributed by atoms with Crippen molar-refractivity contribution in [3.05, 3.63) is 41.5 Å². The summed E-state index contributed by atoms with van der Waals surface area (Å²) in [5.41, 5.74) is 0.862. The fourth-order valence-electron chi connectivity index (χ4n) is 1.66.